The molecule has 3 amide bonds. The van der Waals surface area contributed by atoms with Crippen molar-refractivity contribution in [3.63, 3.8) is 0 Å². The highest BCUT2D eigenvalue weighted by atomic mass is 32.1. The molecule has 0 spiro atoms. The van der Waals surface area contributed by atoms with Crippen molar-refractivity contribution in [2.45, 2.75) is 19.3 Å². The Morgan fingerprint density at radius 2 is 1.85 bits per heavy atom. The summed E-state index contributed by atoms with van der Waals surface area (Å²) < 4.78 is 5.29. The van der Waals surface area contributed by atoms with Crippen LogP contribution >= 0.6 is 11.3 Å². The average molecular weight is 379 g/mol. The number of morpholine rings is 1. The molecule has 1 aromatic rings. The van der Waals surface area contributed by atoms with E-state index in [1.165, 1.54) is 11.3 Å². The lowest BCUT2D eigenvalue weighted by Crippen LogP contribution is -2.47. The summed E-state index contributed by atoms with van der Waals surface area (Å²) in [5.41, 5.74) is 0. The van der Waals surface area contributed by atoms with Gasteiger partial charge in [0.15, 0.2) is 0 Å². The van der Waals surface area contributed by atoms with E-state index < -0.39 is 0 Å². The van der Waals surface area contributed by atoms with E-state index in [-0.39, 0.29) is 23.6 Å². The molecule has 0 atom stereocenters. The number of amides is 3. The van der Waals surface area contributed by atoms with Gasteiger partial charge in [-0.3, -0.25) is 14.4 Å². The molecule has 0 saturated carbocycles. The van der Waals surface area contributed by atoms with Gasteiger partial charge in [0.1, 0.15) is 0 Å². The van der Waals surface area contributed by atoms with Gasteiger partial charge >= 0.3 is 0 Å². The molecule has 3 heterocycles. The topological polar surface area (TPSA) is 79.0 Å². The first-order valence-corrected chi connectivity index (χ1v) is 9.99. The zero-order valence-corrected chi connectivity index (χ0v) is 15.6. The van der Waals surface area contributed by atoms with Crippen LogP contribution in [0.1, 0.15) is 28.9 Å². The van der Waals surface area contributed by atoms with Crippen molar-refractivity contribution >= 4 is 29.1 Å². The number of carbonyl (C=O) groups is 3. The van der Waals surface area contributed by atoms with Gasteiger partial charge in [-0.2, -0.15) is 0 Å². The summed E-state index contributed by atoms with van der Waals surface area (Å²) in [6.45, 7) is 4.11. The monoisotopic (exact) mass is 379 g/mol. The Balaban J connectivity index is 1.36. The number of carbonyl (C=O) groups excluding carboxylic acids is 3. The maximum Gasteiger partial charge on any atom is 0.261 e. The van der Waals surface area contributed by atoms with Crippen LogP contribution in [0, 0.1) is 5.92 Å². The van der Waals surface area contributed by atoms with Crippen LogP contribution in [0.3, 0.4) is 0 Å². The Morgan fingerprint density at radius 3 is 2.50 bits per heavy atom. The van der Waals surface area contributed by atoms with E-state index in [0.29, 0.717) is 70.1 Å². The zero-order chi connectivity index (χ0) is 18.4. The Labute approximate surface area is 157 Å². The molecule has 3 rings (SSSR count). The number of hydrogen-bond acceptors (Lipinski definition) is 5. The molecule has 142 valence electrons. The van der Waals surface area contributed by atoms with Crippen molar-refractivity contribution in [1.82, 2.24) is 15.1 Å². The predicted molar refractivity (Wildman–Crippen MR) is 98.0 cm³/mol. The molecule has 2 saturated heterocycles. The van der Waals surface area contributed by atoms with Gasteiger partial charge in [-0.1, -0.05) is 6.07 Å². The molecule has 0 aliphatic carbocycles. The average Bonchev–Trinajstić information content (AvgIpc) is 3.23. The molecule has 0 unspecified atom stereocenters. The summed E-state index contributed by atoms with van der Waals surface area (Å²) >= 11 is 1.38. The second-order valence-electron chi connectivity index (χ2n) is 6.58. The molecule has 2 aliphatic heterocycles. The molecule has 0 radical (unpaired) electrons. The summed E-state index contributed by atoms with van der Waals surface area (Å²) in [6.07, 6.45) is 1.71. The van der Waals surface area contributed by atoms with Gasteiger partial charge in [-0.05, 0) is 24.3 Å². The second-order valence-corrected chi connectivity index (χ2v) is 7.52. The van der Waals surface area contributed by atoms with E-state index in [1.54, 1.807) is 11.0 Å². The fraction of sp³-hybridized carbons (Fsp3) is 0.611. The van der Waals surface area contributed by atoms with E-state index in [2.05, 4.69) is 5.32 Å². The van der Waals surface area contributed by atoms with Gasteiger partial charge in [0, 0.05) is 45.1 Å². The Hall–Kier alpha value is -1.93. The predicted octanol–water partition coefficient (Wildman–Crippen LogP) is 0.965. The fourth-order valence-corrected chi connectivity index (χ4v) is 3.99. The lowest BCUT2D eigenvalue weighted by Gasteiger charge is -2.35. The van der Waals surface area contributed by atoms with E-state index >= 15 is 0 Å². The summed E-state index contributed by atoms with van der Waals surface area (Å²) in [4.78, 5) is 41.0. The van der Waals surface area contributed by atoms with E-state index in [1.807, 2.05) is 16.3 Å². The lowest BCUT2D eigenvalue weighted by molar-refractivity contribution is -0.143. The maximum atomic E-state index is 12.5. The van der Waals surface area contributed by atoms with Crippen molar-refractivity contribution in [3.8, 4) is 0 Å². The van der Waals surface area contributed by atoms with Crippen molar-refractivity contribution in [2.24, 2.45) is 5.92 Å². The van der Waals surface area contributed by atoms with Crippen LogP contribution in [-0.2, 0) is 14.3 Å². The zero-order valence-electron chi connectivity index (χ0n) is 14.8. The summed E-state index contributed by atoms with van der Waals surface area (Å²) in [5.74, 6) is 0.107. The molecule has 1 N–H and O–H groups in total. The smallest absolute Gasteiger partial charge is 0.261 e. The van der Waals surface area contributed by atoms with Gasteiger partial charge in [0.25, 0.3) is 5.91 Å². The largest absolute Gasteiger partial charge is 0.378 e. The molecule has 1 aromatic heterocycles. The van der Waals surface area contributed by atoms with Crippen LogP contribution in [0.15, 0.2) is 17.5 Å². The number of hydrogen-bond donors (Lipinski definition) is 1. The van der Waals surface area contributed by atoms with Crippen LogP contribution in [0.2, 0.25) is 0 Å². The van der Waals surface area contributed by atoms with Gasteiger partial charge in [0.05, 0.1) is 18.1 Å². The molecule has 0 bridgehead atoms. The quantitative estimate of drug-likeness (QED) is 0.827. The van der Waals surface area contributed by atoms with Crippen molar-refractivity contribution < 1.29 is 19.1 Å². The third-order valence-electron chi connectivity index (χ3n) is 4.89. The number of nitrogens with zero attached hydrogens (tertiary/aromatic N) is 2. The van der Waals surface area contributed by atoms with Gasteiger partial charge in [-0.25, -0.2) is 0 Å². The highest BCUT2D eigenvalue weighted by Crippen LogP contribution is 2.20. The normalized spacial score (nSPS) is 18.6. The first kappa shape index (κ1) is 18.8. The standard InChI is InChI=1S/C18H25N3O4S/c22-16(3-6-19-17(23)15-2-1-13-26-15)20-7-4-14(5-8-20)18(24)21-9-11-25-12-10-21/h1-2,13-14H,3-12H2,(H,19,23). The molecule has 8 heteroatoms. The van der Waals surface area contributed by atoms with E-state index in [0.717, 1.165) is 0 Å². The number of thiophene rings is 1. The number of nitrogens with one attached hydrogen (secondary N) is 1. The first-order chi connectivity index (χ1) is 12.6. The third-order valence-corrected chi connectivity index (χ3v) is 5.76. The van der Waals surface area contributed by atoms with E-state index in [4.69, 9.17) is 4.74 Å². The highest BCUT2D eigenvalue weighted by Gasteiger charge is 2.30. The molecule has 0 aromatic carbocycles. The Kier molecular flexibility index (Phi) is 6.62. The van der Waals surface area contributed by atoms with Crippen LogP contribution in [0.5, 0.6) is 0 Å². The minimum Gasteiger partial charge on any atom is -0.378 e. The summed E-state index contributed by atoms with van der Waals surface area (Å²) in [5, 5.41) is 4.63. The van der Waals surface area contributed by atoms with Crippen LogP contribution in [0.25, 0.3) is 0 Å². The summed E-state index contributed by atoms with van der Waals surface area (Å²) in [7, 11) is 0. The van der Waals surface area contributed by atoms with Crippen LogP contribution in [0.4, 0.5) is 0 Å². The van der Waals surface area contributed by atoms with Gasteiger partial charge in [0.2, 0.25) is 11.8 Å². The number of ether oxygens (including phenoxy) is 1. The highest BCUT2D eigenvalue weighted by molar-refractivity contribution is 7.12. The fourth-order valence-electron chi connectivity index (χ4n) is 3.35. The number of rotatable bonds is 5. The van der Waals surface area contributed by atoms with Crippen molar-refractivity contribution in [1.29, 1.82) is 0 Å². The van der Waals surface area contributed by atoms with Crippen LogP contribution < -0.4 is 5.32 Å². The third kappa shape index (κ3) is 4.82. The van der Waals surface area contributed by atoms with Crippen molar-refractivity contribution in [3.05, 3.63) is 22.4 Å². The first-order valence-electron chi connectivity index (χ1n) is 9.11. The molecule has 7 nitrogen and oxygen atoms in total. The summed E-state index contributed by atoms with van der Waals surface area (Å²) in [6, 6.07) is 3.59. The second kappa shape index (κ2) is 9.14. The Bertz CT molecular complexity index is 620. The van der Waals surface area contributed by atoms with Gasteiger partial charge < -0.3 is 19.9 Å². The Morgan fingerprint density at radius 1 is 1.12 bits per heavy atom. The minimum absolute atomic E-state index is 0.00989. The SMILES string of the molecule is O=C(NCCC(=O)N1CCC(C(=O)N2CCOCC2)CC1)c1cccs1. The van der Waals surface area contributed by atoms with Crippen molar-refractivity contribution in [2.75, 3.05) is 45.9 Å². The number of likely N-dealkylation sites (tertiary alicyclic amines) is 1. The number of piperidine rings is 1. The van der Waals surface area contributed by atoms with Gasteiger partial charge in [-0.15, -0.1) is 11.3 Å². The minimum atomic E-state index is -0.136. The molecular formula is C18H25N3O4S. The molecule has 26 heavy (non-hydrogen) atoms. The molecule has 2 aliphatic rings. The maximum absolute atomic E-state index is 12.5. The lowest BCUT2D eigenvalue weighted by atomic mass is 9.95. The van der Waals surface area contributed by atoms with E-state index in [9.17, 15) is 14.4 Å². The molecular weight excluding hydrogens is 354 g/mol. The van der Waals surface area contributed by atoms with Crippen LogP contribution in [-0.4, -0.2) is 73.5 Å². The molecule has 2 fully saturated rings.